The number of allylic oxidation sites excluding steroid dienone is 1. The number of aromatic nitrogens is 2. The zero-order valence-corrected chi connectivity index (χ0v) is 16.3. The van der Waals surface area contributed by atoms with Gasteiger partial charge >= 0.3 is 0 Å². The number of rotatable bonds is 4. The summed E-state index contributed by atoms with van der Waals surface area (Å²) in [4.78, 5) is 12.8. The molecule has 0 amide bonds. The van der Waals surface area contributed by atoms with Gasteiger partial charge in [-0.05, 0) is 39.3 Å². The molecule has 0 radical (unpaired) electrons. The summed E-state index contributed by atoms with van der Waals surface area (Å²) in [5.41, 5.74) is 1.23. The zero-order chi connectivity index (χ0) is 19.8. The number of nitrogens with zero attached hydrogens (tertiary/aromatic N) is 3. The first-order valence-electron chi connectivity index (χ1n) is 8.42. The molecule has 0 aliphatic carbocycles. The number of benzene rings is 1. The Hall–Kier alpha value is -2.64. The van der Waals surface area contributed by atoms with Crippen LogP contribution in [0.4, 0.5) is 4.39 Å². The van der Waals surface area contributed by atoms with E-state index in [4.69, 9.17) is 0 Å². The molecule has 0 saturated carbocycles. The molecule has 1 aromatic carbocycles. The summed E-state index contributed by atoms with van der Waals surface area (Å²) in [5, 5.41) is 22.1. The van der Waals surface area contributed by atoms with Gasteiger partial charge in [0.2, 0.25) is 5.88 Å². The van der Waals surface area contributed by atoms with E-state index in [1.165, 1.54) is 17.4 Å². The Morgan fingerprint density at radius 1 is 1.22 bits per heavy atom. The van der Waals surface area contributed by atoms with Crippen molar-refractivity contribution in [1.29, 1.82) is 0 Å². The molecule has 0 fully saturated rings. The molecule has 0 bridgehead atoms. The van der Waals surface area contributed by atoms with E-state index in [9.17, 15) is 14.6 Å². The molecule has 3 rings (SSSR count). The minimum absolute atomic E-state index is 0.162. The Labute approximate surface area is 160 Å². The van der Waals surface area contributed by atoms with E-state index in [-0.39, 0.29) is 11.7 Å². The Balaban J connectivity index is 2.20. The van der Waals surface area contributed by atoms with Crippen LogP contribution in [-0.2, 0) is 5.60 Å². The summed E-state index contributed by atoms with van der Waals surface area (Å²) >= 11 is 1.25. The van der Waals surface area contributed by atoms with E-state index < -0.39 is 11.4 Å². The van der Waals surface area contributed by atoms with Crippen molar-refractivity contribution < 1.29 is 14.6 Å². The van der Waals surface area contributed by atoms with Crippen LogP contribution in [0.5, 0.6) is 5.88 Å². The first-order chi connectivity index (χ1) is 12.8. The molecule has 2 N–H and O–H groups in total. The summed E-state index contributed by atoms with van der Waals surface area (Å²) in [6.45, 7) is 6.78. The molecule has 27 heavy (non-hydrogen) atoms. The lowest BCUT2D eigenvalue weighted by Gasteiger charge is -2.18. The molecule has 0 atom stereocenters. The molecule has 0 aliphatic rings. The summed E-state index contributed by atoms with van der Waals surface area (Å²) < 4.78 is 15.3. The Morgan fingerprint density at radius 3 is 2.56 bits per heavy atom. The van der Waals surface area contributed by atoms with Gasteiger partial charge in [0, 0.05) is 22.7 Å². The molecule has 0 saturated heterocycles. The number of halogens is 1. The van der Waals surface area contributed by atoms with Crippen LogP contribution in [0.25, 0.3) is 27.0 Å². The first-order valence-corrected chi connectivity index (χ1v) is 9.30. The largest absolute Gasteiger partial charge is 0.492 e. The van der Waals surface area contributed by atoms with Gasteiger partial charge in [-0.2, -0.15) is 4.98 Å². The highest BCUT2D eigenvalue weighted by Gasteiger charge is 2.21. The highest BCUT2D eigenvalue weighted by atomic mass is 32.1. The number of hydrogen-bond donors (Lipinski definition) is 2. The number of hydrogen-bond acceptors (Lipinski definition) is 6. The van der Waals surface area contributed by atoms with Crippen LogP contribution in [0, 0.1) is 5.82 Å². The van der Waals surface area contributed by atoms with Crippen molar-refractivity contribution in [2.75, 3.05) is 0 Å². The first kappa shape index (κ1) is 19.1. The molecule has 3 aromatic rings. The number of aliphatic imine (C=N–C) groups is 1. The third-order valence-electron chi connectivity index (χ3n) is 4.13. The van der Waals surface area contributed by atoms with Gasteiger partial charge in [-0.25, -0.2) is 9.37 Å². The summed E-state index contributed by atoms with van der Waals surface area (Å²) in [6, 6.07) is 4.62. The predicted molar refractivity (Wildman–Crippen MR) is 108 cm³/mol. The maximum atomic E-state index is 14.8. The average Bonchev–Trinajstić information content (AvgIpc) is 3.03. The third-order valence-corrected chi connectivity index (χ3v) is 5.10. The van der Waals surface area contributed by atoms with Crippen LogP contribution in [-0.4, -0.2) is 26.4 Å². The molecular weight excluding hydrogens is 365 g/mol. The lowest BCUT2D eigenvalue weighted by atomic mass is 9.95. The van der Waals surface area contributed by atoms with Gasteiger partial charge < -0.3 is 10.2 Å². The van der Waals surface area contributed by atoms with Crippen molar-refractivity contribution >= 4 is 33.5 Å². The van der Waals surface area contributed by atoms with Gasteiger partial charge in [-0.1, -0.05) is 18.2 Å². The normalized spacial score (nSPS) is 13.0. The molecule has 0 spiro atoms. The second-order valence-electron chi connectivity index (χ2n) is 6.51. The SMILES string of the molecule is C/C=N\C(=C/C)c1nc(O)c2scc(-c3ccc(C(C)(C)O)cc3F)c2n1. The Morgan fingerprint density at radius 2 is 1.96 bits per heavy atom. The van der Waals surface area contributed by atoms with E-state index in [1.807, 2.05) is 0 Å². The summed E-state index contributed by atoms with van der Waals surface area (Å²) in [6.07, 6.45) is 3.36. The quantitative estimate of drug-likeness (QED) is 0.627. The standard InChI is InChI=1S/C20H20FN3O2S/c1-5-15(22-6-2)18-23-16-13(10-27-17(16)19(25)24-18)12-8-7-11(9-14(12)21)20(3,4)26/h5-10,26H,1-4H3,(H,23,24,25)/b15-5-,22-6-. The second-order valence-corrected chi connectivity index (χ2v) is 7.39. The van der Waals surface area contributed by atoms with Gasteiger partial charge in [0.1, 0.15) is 16.2 Å². The minimum Gasteiger partial charge on any atom is -0.492 e. The lowest BCUT2D eigenvalue weighted by Crippen LogP contribution is -2.15. The molecule has 2 heterocycles. The van der Waals surface area contributed by atoms with Crippen LogP contribution in [0.1, 0.15) is 39.1 Å². The molecule has 7 heteroatoms. The number of aromatic hydroxyl groups is 1. The molecular formula is C20H20FN3O2S. The van der Waals surface area contributed by atoms with Gasteiger partial charge in [0.15, 0.2) is 5.82 Å². The summed E-state index contributed by atoms with van der Waals surface area (Å²) in [7, 11) is 0. The highest BCUT2D eigenvalue weighted by Crippen LogP contribution is 2.39. The number of aliphatic hydroxyl groups is 1. The van der Waals surface area contributed by atoms with E-state index in [2.05, 4.69) is 15.0 Å². The van der Waals surface area contributed by atoms with Gasteiger partial charge in [-0.3, -0.25) is 4.99 Å². The fourth-order valence-corrected chi connectivity index (χ4v) is 3.62. The van der Waals surface area contributed by atoms with Crippen molar-refractivity contribution in [3.05, 3.63) is 46.9 Å². The van der Waals surface area contributed by atoms with Crippen LogP contribution >= 0.6 is 11.3 Å². The van der Waals surface area contributed by atoms with Gasteiger partial charge in [0.25, 0.3) is 0 Å². The molecule has 140 valence electrons. The summed E-state index contributed by atoms with van der Waals surface area (Å²) in [5.74, 6) is -0.356. The smallest absolute Gasteiger partial charge is 0.233 e. The monoisotopic (exact) mass is 385 g/mol. The predicted octanol–water partition coefficient (Wildman–Crippen LogP) is 4.88. The fraction of sp³-hybridized carbons (Fsp3) is 0.250. The lowest BCUT2D eigenvalue weighted by molar-refractivity contribution is 0.0782. The third kappa shape index (κ3) is 3.61. The number of fused-ring (bicyclic) bond motifs is 1. The maximum absolute atomic E-state index is 14.8. The van der Waals surface area contributed by atoms with Crippen molar-refractivity contribution in [3.63, 3.8) is 0 Å². The van der Waals surface area contributed by atoms with E-state index >= 15 is 0 Å². The molecule has 2 aromatic heterocycles. The van der Waals surface area contributed by atoms with Crippen molar-refractivity contribution in [2.24, 2.45) is 4.99 Å². The van der Waals surface area contributed by atoms with Crippen LogP contribution < -0.4 is 0 Å². The van der Waals surface area contributed by atoms with Gasteiger partial charge in [-0.15, -0.1) is 11.3 Å². The van der Waals surface area contributed by atoms with Crippen molar-refractivity contribution in [3.8, 4) is 17.0 Å². The van der Waals surface area contributed by atoms with E-state index in [0.29, 0.717) is 32.6 Å². The maximum Gasteiger partial charge on any atom is 0.233 e. The van der Waals surface area contributed by atoms with E-state index in [0.717, 1.165) is 0 Å². The Bertz CT molecular complexity index is 1070. The Kier molecular flexibility index (Phi) is 5.08. The van der Waals surface area contributed by atoms with Crippen molar-refractivity contribution in [2.45, 2.75) is 33.3 Å². The molecule has 0 aliphatic heterocycles. The van der Waals surface area contributed by atoms with Crippen molar-refractivity contribution in [1.82, 2.24) is 9.97 Å². The van der Waals surface area contributed by atoms with Crippen LogP contribution in [0.15, 0.2) is 34.6 Å². The second kappa shape index (κ2) is 7.17. The molecule has 0 unspecified atom stereocenters. The average molecular weight is 385 g/mol. The highest BCUT2D eigenvalue weighted by molar-refractivity contribution is 7.18. The fourth-order valence-electron chi connectivity index (χ4n) is 2.72. The minimum atomic E-state index is -1.14. The molecule has 5 nitrogen and oxygen atoms in total. The van der Waals surface area contributed by atoms with Gasteiger partial charge in [0.05, 0.1) is 11.1 Å². The van der Waals surface area contributed by atoms with Crippen LogP contribution in [0.2, 0.25) is 0 Å². The van der Waals surface area contributed by atoms with E-state index in [1.54, 1.807) is 57.5 Å². The zero-order valence-electron chi connectivity index (χ0n) is 15.5. The topological polar surface area (TPSA) is 78.6 Å². The van der Waals surface area contributed by atoms with Crippen LogP contribution in [0.3, 0.4) is 0 Å². The number of thiophene rings is 1.